The Labute approximate surface area is 430 Å². The molecule has 4 fully saturated rings. The molecule has 6 bridgehead atoms. The van der Waals surface area contributed by atoms with Crippen LogP contribution in [-0.2, 0) is 52.5 Å². The number of hydrogen-bond acceptors (Lipinski definition) is 17. The van der Waals surface area contributed by atoms with Crippen molar-refractivity contribution >= 4 is 35.2 Å². The summed E-state index contributed by atoms with van der Waals surface area (Å²) in [5.41, 5.74) is -0.483. The van der Waals surface area contributed by atoms with E-state index in [0.29, 0.717) is 51.4 Å². The summed E-state index contributed by atoms with van der Waals surface area (Å²) in [6, 6.07) is -1.24. The molecule has 4 aliphatic heterocycles. The zero-order chi connectivity index (χ0) is 54.1. The fourth-order valence-corrected chi connectivity index (χ4v) is 11.6. The largest absolute Gasteiger partial charge is 0.460 e. The van der Waals surface area contributed by atoms with Gasteiger partial charge in [-0.1, -0.05) is 64.2 Å². The van der Waals surface area contributed by atoms with Crippen LogP contribution >= 0.6 is 0 Å². The van der Waals surface area contributed by atoms with Crippen molar-refractivity contribution in [3.05, 3.63) is 47.6 Å². The van der Waals surface area contributed by atoms with Gasteiger partial charge in [-0.05, 0) is 95.1 Å². The smallest absolute Gasteiger partial charge is 0.329 e. The van der Waals surface area contributed by atoms with Gasteiger partial charge in [0, 0.05) is 63.2 Å². The van der Waals surface area contributed by atoms with Crippen molar-refractivity contribution in [1.82, 2.24) is 4.90 Å². The number of amides is 1. The molecule has 73 heavy (non-hydrogen) atoms. The first-order valence-electron chi connectivity index (χ1n) is 26.2. The van der Waals surface area contributed by atoms with Gasteiger partial charge in [0.1, 0.15) is 35.2 Å². The Morgan fingerprint density at radius 3 is 2.22 bits per heavy atom. The molecule has 4 heterocycles. The highest BCUT2D eigenvalue weighted by Crippen LogP contribution is 2.46. The van der Waals surface area contributed by atoms with Crippen LogP contribution in [0.25, 0.3) is 0 Å². The number of aliphatic hydroxyl groups is 6. The predicted octanol–water partition coefficient (Wildman–Crippen LogP) is 3.51. The number of allylic oxidation sites excluding steroid dienone is 5. The first-order chi connectivity index (χ1) is 34.5. The van der Waals surface area contributed by atoms with Gasteiger partial charge >= 0.3 is 11.9 Å². The van der Waals surface area contributed by atoms with Gasteiger partial charge in [-0.3, -0.25) is 24.0 Å². The maximum atomic E-state index is 14.6. The van der Waals surface area contributed by atoms with Crippen LogP contribution in [0, 0.1) is 52.8 Å². The Morgan fingerprint density at radius 2 is 1.58 bits per heavy atom. The molecule has 17 atom stereocenters. The van der Waals surface area contributed by atoms with Crippen molar-refractivity contribution in [3.63, 3.8) is 0 Å². The van der Waals surface area contributed by atoms with Crippen molar-refractivity contribution in [2.75, 3.05) is 40.6 Å². The summed E-state index contributed by atoms with van der Waals surface area (Å²) in [5.74, 6) is -13.0. The number of Topliss-reactive ketones (excluding diaryl/α,β-unsaturated/α-hetero) is 3. The van der Waals surface area contributed by atoms with Gasteiger partial charge in [-0.15, -0.1) is 0 Å². The maximum absolute atomic E-state index is 14.6. The fraction of sp³-hybridized carbons (Fsp3) is 0.745. The van der Waals surface area contributed by atoms with E-state index >= 15 is 0 Å². The molecule has 0 aromatic heterocycles. The van der Waals surface area contributed by atoms with Crippen LogP contribution in [0.4, 0.5) is 0 Å². The Hall–Kier alpha value is -3.98. The van der Waals surface area contributed by atoms with Gasteiger partial charge in [-0.2, -0.15) is 0 Å². The summed E-state index contributed by atoms with van der Waals surface area (Å²) >= 11 is 0. The van der Waals surface area contributed by atoms with Crippen molar-refractivity contribution in [3.8, 4) is 0 Å². The number of piperidine rings is 1. The topological polar surface area (TPSA) is 273 Å². The SMILES string of the molecule is CO[C@H]1CC2CC[C@@H](C)[C@@](O)(O2)C(=O)C(=O)N2CCCC3[C@H]2C(=O)O[C@@H](CC(=O)[C@H](C)/C=C(\C)C(O)[C@@H](CO)C(=O)[C@H](C)C(O)[C@H](C)/C=C/C=C/C=C1C)[C@H]3C[C@@H]1CC[C@@H](OC(=O)C(C)(CO)CO)[C@H](OC)C1. The van der Waals surface area contributed by atoms with E-state index in [0.717, 1.165) is 5.57 Å². The number of carbonyl (C=O) groups is 6. The van der Waals surface area contributed by atoms with Gasteiger partial charge in [0.15, 0.2) is 0 Å². The molecule has 1 saturated carbocycles. The van der Waals surface area contributed by atoms with E-state index < -0.39 is 151 Å². The van der Waals surface area contributed by atoms with Crippen molar-refractivity contribution in [2.45, 2.75) is 167 Å². The van der Waals surface area contributed by atoms with E-state index in [1.807, 2.05) is 13.0 Å². The summed E-state index contributed by atoms with van der Waals surface area (Å²) in [7, 11) is 3.02. The molecular formula is C55H83NO17. The molecule has 4 unspecified atom stereocenters. The Bertz CT molecular complexity index is 2080. The summed E-state index contributed by atoms with van der Waals surface area (Å²) in [6.45, 7) is 9.37. The minimum absolute atomic E-state index is 0.0176. The third-order valence-corrected chi connectivity index (χ3v) is 16.7. The Balaban J connectivity index is 1.52. The van der Waals surface area contributed by atoms with Gasteiger partial charge < -0.3 is 59.2 Å². The van der Waals surface area contributed by atoms with E-state index in [1.165, 1.54) is 39.0 Å². The first kappa shape index (κ1) is 59.9. The van der Waals surface area contributed by atoms with E-state index in [1.54, 1.807) is 52.0 Å². The van der Waals surface area contributed by atoms with Crippen LogP contribution in [-0.4, -0.2) is 166 Å². The molecule has 0 aromatic carbocycles. The molecule has 18 nitrogen and oxygen atoms in total. The van der Waals surface area contributed by atoms with E-state index in [9.17, 15) is 59.4 Å². The molecule has 0 radical (unpaired) electrons. The summed E-state index contributed by atoms with van der Waals surface area (Å²) in [6.07, 6.45) is 7.44. The van der Waals surface area contributed by atoms with Crippen molar-refractivity contribution in [2.24, 2.45) is 52.8 Å². The number of carbonyl (C=O) groups excluding carboxylic acids is 6. The number of aliphatic hydroxyl groups excluding tert-OH is 5. The molecule has 1 amide bonds. The van der Waals surface area contributed by atoms with E-state index in [2.05, 4.69) is 0 Å². The number of nitrogens with zero attached hydrogens (tertiary/aromatic N) is 1. The number of ether oxygens (including phenoxy) is 5. The number of methoxy groups -OCH3 is 2. The molecule has 0 spiro atoms. The number of esters is 2. The molecule has 6 N–H and O–H groups in total. The molecule has 1 aliphatic carbocycles. The van der Waals surface area contributed by atoms with Gasteiger partial charge in [0.2, 0.25) is 5.79 Å². The van der Waals surface area contributed by atoms with Crippen molar-refractivity contribution < 1.29 is 83.1 Å². The minimum atomic E-state index is -2.51. The lowest BCUT2D eigenvalue weighted by atomic mass is 9.68. The summed E-state index contributed by atoms with van der Waals surface area (Å²) in [5, 5.41) is 64.9. The standard InChI is InChI=1S/C55H83NO17/c1-30-14-11-10-12-15-31(2)47(61)35(6)49(63)40(27-57)48(62)33(4)22-32(3)41(60)26-44-39(23-36-18-20-42(45(24-36)70-9)72-53(67)54(7,28-58)29-59)38-16-13-21-56(46(38)52(66)71-44)51(65)50(64)55(68)34(5)17-19-37(73-55)25-43(30)69-8/h10-12,14-15,22,31-32,34-40,42-48,57-59,61-62,68H,13,16-21,23-29H2,1-9H3/b11-10+,15-12+,30-14?,33-22+/t31-,32-,34-,35-,36+,37?,38?,39+,40-,42-,43+,44+,45-,46+,47?,48?,55-/m1/s1. The zero-order valence-corrected chi connectivity index (χ0v) is 44.2. The van der Waals surface area contributed by atoms with Crippen LogP contribution in [0.15, 0.2) is 47.6 Å². The Kier molecular flexibility index (Phi) is 21.5. The van der Waals surface area contributed by atoms with Gasteiger partial charge in [0.05, 0.1) is 56.3 Å². The average molecular weight is 1030 g/mol. The Morgan fingerprint density at radius 1 is 0.877 bits per heavy atom. The number of ketones is 3. The summed E-state index contributed by atoms with van der Waals surface area (Å²) < 4.78 is 29.8. The lowest BCUT2D eigenvalue weighted by Crippen LogP contribution is -2.65. The zero-order valence-electron chi connectivity index (χ0n) is 44.2. The molecule has 18 heteroatoms. The van der Waals surface area contributed by atoms with Crippen LogP contribution in [0.3, 0.4) is 0 Å². The minimum Gasteiger partial charge on any atom is -0.460 e. The fourth-order valence-electron chi connectivity index (χ4n) is 11.6. The van der Waals surface area contributed by atoms with Crippen LogP contribution < -0.4 is 0 Å². The predicted molar refractivity (Wildman–Crippen MR) is 266 cm³/mol. The third-order valence-electron chi connectivity index (χ3n) is 16.7. The molecule has 5 rings (SSSR count). The lowest BCUT2D eigenvalue weighted by molar-refractivity contribution is -0.266. The second-order valence-corrected chi connectivity index (χ2v) is 21.9. The second kappa shape index (κ2) is 26.2. The first-order valence-corrected chi connectivity index (χ1v) is 26.2. The molecular weight excluding hydrogens is 947 g/mol. The van der Waals surface area contributed by atoms with E-state index in [-0.39, 0.29) is 36.7 Å². The highest BCUT2D eigenvalue weighted by molar-refractivity contribution is 6.39. The normalized spacial score (nSPS) is 39.8. The molecule has 0 aromatic rings. The number of hydrogen-bond donors (Lipinski definition) is 6. The number of fused-ring (bicyclic) bond motifs is 3. The number of rotatable bonds is 9. The quantitative estimate of drug-likeness (QED) is 0.110. The molecule has 5 aliphatic rings. The van der Waals surface area contributed by atoms with Gasteiger partial charge in [-0.25, -0.2) is 4.79 Å². The second-order valence-electron chi connectivity index (χ2n) is 21.9. The van der Waals surface area contributed by atoms with E-state index in [4.69, 9.17) is 23.7 Å². The third kappa shape index (κ3) is 13.7. The monoisotopic (exact) mass is 1030 g/mol. The highest BCUT2D eigenvalue weighted by atomic mass is 16.6. The molecule has 3 saturated heterocycles. The van der Waals surface area contributed by atoms with Crippen LogP contribution in [0.2, 0.25) is 0 Å². The molecule has 410 valence electrons. The lowest BCUT2D eigenvalue weighted by Gasteiger charge is -2.50. The maximum Gasteiger partial charge on any atom is 0.329 e. The van der Waals surface area contributed by atoms with Gasteiger partial charge in [0.25, 0.3) is 11.7 Å². The average Bonchev–Trinajstić information content (AvgIpc) is 3.38. The van der Waals surface area contributed by atoms with Crippen LogP contribution in [0.1, 0.15) is 113 Å². The van der Waals surface area contributed by atoms with Crippen molar-refractivity contribution in [1.29, 1.82) is 0 Å². The van der Waals surface area contributed by atoms with Crippen LogP contribution in [0.5, 0.6) is 0 Å². The highest BCUT2D eigenvalue weighted by Gasteiger charge is 2.57. The summed E-state index contributed by atoms with van der Waals surface area (Å²) in [4.78, 5) is 85.8.